The molecule has 1 aliphatic carbocycles. The van der Waals surface area contributed by atoms with E-state index in [1.807, 2.05) is 0 Å². The van der Waals surface area contributed by atoms with Crippen LogP contribution in [0.4, 0.5) is 0 Å². The maximum atomic E-state index is 12.3. The molecule has 0 saturated heterocycles. The van der Waals surface area contributed by atoms with Crippen LogP contribution in [0, 0.1) is 12.8 Å². The smallest absolute Gasteiger partial charge is 0.337 e. The number of benzene rings is 1. The molecule has 0 radical (unpaired) electrons. The van der Waals surface area contributed by atoms with Crippen LogP contribution in [0.3, 0.4) is 0 Å². The molecule has 1 aromatic carbocycles. The Morgan fingerprint density at radius 2 is 2.14 bits per heavy atom. The summed E-state index contributed by atoms with van der Waals surface area (Å²) in [5, 5.41) is 9.75. The third-order valence-electron chi connectivity index (χ3n) is 3.55. The first-order chi connectivity index (χ1) is 9.85. The number of ether oxygens (including phenoxy) is 1. The number of carbonyl (C=O) groups is 1. The maximum Gasteiger partial charge on any atom is 0.337 e. The molecule has 2 N–H and O–H groups in total. The van der Waals surface area contributed by atoms with Crippen LogP contribution in [-0.4, -0.2) is 39.3 Å². The van der Waals surface area contributed by atoms with Gasteiger partial charge in [-0.05, 0) is 43.4 Å². The van der Waals surface area contributed by atoms with Crippen molar-refractivity contribution in [2.45, 2.75) is 30.8 Å². The largest absolute Gasteiger partial charge is 0.465 e. The molecule has 7 heteroatoms. The average Bonchev–Trinajstić information content (AvgIpc) is 3.29. The van der Waals surface area contributed by atoms with E-state index < -0.39 is 22.1 Å². The SMILES string of the molecule is COC(=O)c1ccc(C)c(S(=O)(=O)NCC(O)C2CC2)c1. The van der Waals surface area contributed by atoms with Crippen molar-refractivity contribution in [3.05, 3.63) is 29.3 Å². The zero-order valence-corrected chi connectivity index (χ0v) is 12.8. The molecule has 1 atom stereocenters. The molecular weight excluding hydrogens is 294 g/mol. The van der Waals surface area contributed by atoms with Crippen molar-refractivity contribution in [2.75, 3.05) is 13.7 Å². The second-order valence-electron chi connectivity index (χ2n) is 5.23. The number of aliphatic hydroxyl groups is 1. The Morgan fingerprint density at radius 1 is 1.48 bits per heavy atom. The van der Waals surface area contributed by atoms with Crippen molar-refractivity contribution in [1.82, 2.24) is 4.72 Å². The Morgan fingerprint density at radius 3 is 2.71 bits per heavy atom. The van der Waals surface area contributed by atoms with Gasteiger partial charge in [-0.15, -0.1) is 0 Å². The van der Waals surface area contributed by atoms with Crippen molar-refractivity contribution < 1.29 is 23.1 Å². The topological polar surface area (TPSA) is 92.7 Å². The summed E-state index contributed by atoms with van der Waals surface area (Å²) in [7, 11) is -2.54. The predicted octanol–water partition coefficient (Wildman–Crippen LogP) is 0.831. The second-order valence-corrected chi connectivity index (χ2v) is 6.96. The lowest BCUT2D eigenvalue weighted by molar-refractivity contribution is 0.0600. The van der Waals surface area contributed by atoms with Crippen LogP contribution in [0.25, 0.3) is 0 Å². The second kappa shape index (κ2) is 6.13. The molecule has 1 unspecified atom stereocenters. The van der Waals surface area contributed by atoms with E-state index in [0.29, 0.717) is 5.56 Å². The zero-order chi connectivity index (χ0) is 15.6. The van der Waals surface area contributed by atoms with Crippen LogP contribution in [0.15, 0.2) is 23.1 Å². The first-order valence-electron chi connectivity index (χ1n) is 6.72. The lowest BCUT2D eigenvalue weighted by atomic mass is 10.1. The van der Waals surface area contributed by atoms with Gasteiger partial charge in [0.1, 0.15) is 0 Å². The molecule has 0 bridgehead atoms. The molecule has 1 fully saturated rings. The summed E-state index contributed by atoms with van der Waals surface area (Å²) >= 11 is 0. The predicted molar refractivity (Wildman–Crippen MR) is 76.4 cm³/mol. The Bertz CT molecular complexity index is 637. The van der Waals surface area contributed by atoms with Crippen LogP contribution >= 0.6 is 0 Å². The molecular formula is C14H19NO5S. The molecule has 2 rings (SSSR count). The van der Waals surface area contributed by atoms with E-state index in [2.05, 4.69) is 9.46 Å². The number of esters is 1. The number of hydrogen-bond acceptors (Lipinski definition) is 5. The van der Waals surface area contributed by atoms with E-state index in [9.17, 15) is 18.3 Å². The van der Waals surface area contributed by atoms with Gasteiger partial charge in [-0.3, -0.25) is 0 Å². The number of rotatable bonds is 6. The molecule has 0 amide bonds. The minimum absolute atomic E-state index is 0.0190. The van der Waals surface area contributed by atoms with Gasteiger partial charge >= 0.3 is 5.97 Å². The van der Waals surface area contributed by atoms with Gasteiger partial charge in [0, 0.05) is 6.54 Å². The summed E-state index contributed by atoms with van der Waals surface area (Å²) in [4.78, 5) is 11.5. The van der Waals surface area contributed by atoms with Gasteiger partial charge < -0.3 is 9.84 Å². The minimum Gasteiger partial charge on any atom is -0.465 e. The number of aryl methyl sites for hydroxylation is 1. The van der Waals surface area contributed by atoms with Gasteiger partial charge in [0.15, 0.2) is 0 Å². The zero-order valence-electron chi connectivity index (χ0n) is 12.0. The van der Waals surface area contributed by atoms with E-state index in [4.69, 9.17) is 0 Å². The summed E-state index contributed by atoms with van der Waals surface area (Å²) in [5.41, 5.74) is 0.697. The van der Waals surface area contributed by atoms with E-state index in [0.717, 1.165) is 12.8 Å². The molecule has 1 aromatic rings. The third kappa shape index (κ3) is 3.81. The van der Waals surface area contributed by atoms with Crippen LogP contribution in [0.5, 0.6) is 0 Å². The number of carbonyl (C=O) groups excluding carboxylic acids is 1. The molecule has 21 heavy (non-hydrogen) atoms. The minimum atomic E-state index is -3.77. The van der Waals surface area contributed by atoms with Crippen molar-refractivity contribution in [2.24, 2.45) is 5.92 Å². The van der Waals surface area contributed by atoms with Crippen molar-refractivity contribution >= 4 is 16.0 Å². The number of hydrogen-bond donors (Lipinski definition) is 2. The lowest BCUT2D eigenvalue weighted by Gasteiger charge is -2.13. The third-order valence-corrected chi connectivity index (χ3v) is 5.11. The quantitative estimate of drug-likeness (QED) is 0.759. The normalized spacial score (nSPS) is 16.5. The van der Waals surface area contributed by atoms with E-state index in [1.54, 1.807) is 13.0 Å². The molecule has 116 valence electrons. The summed E-state index contributed by atoms with van der Waals surface area (Å²) < 4.78 is 31.6. The molecule has 0 heterocycles. The number of methoxy groups -OCH3 is 1. The van der Waals surface area contributed by atoms with Gasteiger partial charge in [-0.1, -0.05) is 6.07 Å². The van der Waals surface area contributed by atoms with E-state index in [1.165, 1.54) is 19.2 Å². The van der Waals surface area contributed by atoms with Gasteiger partial charge in [-0.25, -0.2) is 17.9 Å². The first kappa shape index (κ1) is 15.9. The van der Waals surface area contributed by atoms with Crippen LogP contribution in [0.1, 0.15) is 28.8 Å². The highest BCUT2D eigenvalue weighted by Gasteiger charge is 2.31. The van der Waals surface area contributed by atoms with Gasteiger partial charge in [-0.2, -0.15) is 0 Å². The van der Waals surface area contributed by atoms with E-state index in [-0.39, 0.29) is 22.9 Å². The van der Waals surface area contributed by atoms with Crippen LogP contribution in [-0.2, 0) is 14.8 Å². The molecule has 1 aliphatic rings. The van der Waals surface area contributed by atoms with Crippen LogP contribution in [0.2, 0.25) is 0 Å². The van der Waals surface area contributed by atoms with Crippen molar-refractivity contribution in [3.63, 3.8) is 0 Å². The van der Waals surface area contributed by atoms with E-state index >= 15 is 0 Å². The van der Waals surface area contributed by atoms with Crippen LogP contribution < -0.4 is 4.72 Å². The number of sulfonamides is 1. The highest BCUT2D eigenvalue weighted by molar-refractivity contribution is 7.89. The highest BCUT2D eigenvalue weighted by Crippen LogP contribution is 2.32. The Kier molecular flexibility index (Phi) is 4.65. The molecule has 1 saturated carbocycles. The Balaban J connectivity index is 2.19. The monoisotopic (exact) mass is 313 g/mol. The fourth-order valence-electron chi connectivity index (χ4n) is 2.05. The highest BCUT2D eigenvalue weighted by atomic mass is 32.2. The number of aliphatic hydroxyl groups excluding tert-OH is 1. The first-order valence-corrected chi connectivity index (χ1v) is 8.20. The van der Waals surface area contributed by atoms with Gasteiger partial charge in [0.05, 0.1) is 23.7 Å². The summed E-state index contributed by atoms with van der Waals surface area (Å²) in [6, 6.07) is 4.35. The van der Waals surface area contributed by atoms with Crippen molar-refractivity contribution in [3.8, 4) is 0 Å². The maximum absolute atomic E-state index is 12.3. The van der Waals surface area contributed by atoms with Crippen molar-refractivity contribution in [1.29, 1.82) is 0 Å². The fourth-order valence-corrected chi connectivity index (χ4v) is 3.37. The standard InChI is InChI=1S/C14H19NO5S/c1-9-3-4-11(14(17)20-2)7-13(9)21(18,19)15-8-12(16)10-5-6-10/h3-4,7,10,12,15-16H,5-6,8H2,1-2H3. The Labute approximate surface area is 124 Å². The lowest BCUT2D eigenvalue weighted by Crippen LogP contribution is -2.33. The summed E-state index contributed by atoms with van der Waals surface area (Å²) in [6.45, 7) is 1.63. The molecule has 6 nitrogen and oxygen atoms in total. The fraction of sp³-hybridized carbons (Fsp3) is 0.500. The van der Waals surface area contributed by atoms with Gasteiger partial charge in [0.2, 0.25) is 10.0 Å². The Hall–Kier alpha value is -1.44. The van der Waals surface area contributed by atoms with Gasteiger partial charge in [0.25, 0.3) is 0 Å². The molecule has 0 aromatic heterocycles. The number of nitrogens with one attached hydrogen (secondary N) is 1. The average molecular weight is 313 g/mol. The summed E-state index contributed by atoms with van der Waals surface area (Å²) in [6.07, 6.45) is 1.20. The molecule has 0 aliphatic heterocycles. The molecule has 0 spiro atoms. The summed E-state index contributed by atoms with van der Waals surface area (Å²) in [5.74, 6) is -0.403.